The van der Waals surface area contributed by atoms with E-state index in [0.717, 1.165) is 16.5 Å². The van der Waals surface area contributed by atoms with Gasteiger partial charge in [-0.15, -0.1) is 0 Å². The van der Waals surface area contributed by atoms with Gasteiger partial charge in [0.05, 0.1) is 16.9 Å². The minimum absolute atomic E-state index is 0.134. The van der Waals surface area contributed by atoms with Crippen LogP contribution in [-0.4, -0.2) is 34.8 Å². The number of carbonyl (C=O) groups excluding carboxylic acids is 3. The van der Waals surface area contributed by atoms with E-state index >= 15 is 0 Å². The zero-order chi connectivity index (χ0) is 24.2. The molecule has 2 N–H and O–H groups in total. The number of amides is 2. The molecule has 2 aromatic heterocycles. The standard InChI is InChI=1S/C25H21ClN4O4/c1-3-21(31)24(32)29-16-8-6-7-15(11-16)19-14-28-23-18(19)12-17(13-27-23)30(2)25(33)34-22-10-5-4-9-20(22)26/h4-14H,3H2,1-2H3,(H,27,28)(H,29,32). The summed E-state index contributed by atoms with van der Waals surface area (Å²) in [5, 5.41) is 3.72. The second kappa shape index (κ2) is 9.76. The van der Waals surface area contributed by atoms with Crippen LogP contribution in [0.3, 0.4) is 0 Å². The Morgan fingerprint density at radius 2 is 1.91 bits per heavy atom. The molecule has 2 amide bonds. The highest BCUT2D eigenvalue weighted by Gasteiger charge is 2.18. The predicted octanol–water partition coefficient (Wildman–Crippen LogP) is 5.44. The van der Waals surface area contributed by atoms with Crippen LogP contribution in [0.15, 0.2) is 67.0 Å². The number of anilines is 2. The van der Waals surface area contributed by atoms with E-state index in [4.69, 9.17) is 16.3 Å². The number of fused-ring (bicyclic) bond motifs is 1. The SMILES string of the molecule is CCC(=O)C(=O)Nc1cccc(-c2c[nH]c3ncc(N(C)C(=O)Oc4ccccc4Cl)cc23)c1. The van der Waals surface area contributed by atoms with E-state index in [-0.39, 0.29) is 12.2 Å². The number of benzene rings is 2. The second-order valence-corrected chi connectivity index (χ2v) is 7.87. The number of halogens is 1. The number of rotatable bonds is 6. The normalized spacial score (nSPS) is 10.7. The molecule has 0 aliphatic carbocycles. The molecule has 172 valence electrons. The molecular weight excluding hydrogens is 456 g/mol. The maximum Gasteiger partial charge on any atom is 0.419 e. The summed E-state index contributed by atoms with van der Waals surface area (Å²) in [5.41, 5.74) is 3.26. The number of ether oxygens (including phenoxy) is 1. The number of Topliss-reactive ketones (excluding diaryl/α,β-unsaturated/α-hetero) is 1. The van der Waals surface area contributed by atoms with Crippen molar-refractivity contribution >= 4 is 51.8 Å². The summed E-state index contributed by atoms with van der Waals surface area (Å²) >= 11 is 6.08. The minimum Gasteiger partial charge on any atom is -0.408 e. The van der Waals surface area contributed by atoms with Crippen molar-refractivity contribution in [2.75, 3.05) is 17.3 Å². The molecule has 0 saturated carbocycles. The van der Waals surface area contributed by atoms with Crippen molar-refractivity contribution in [3.05, 3.63) is 72.0 Å². The van der Waals surface area contributed by atoms with Crippen molar-refractivity contribution < 1.29 is 19.1 Å². The number of aromatic amines is 1. The third-order valence-corrected chi connectivity index (χ3v) is 5.53. The van der Waals surface area contributed by atoms with E-state index in [9.17, 15) is 14.4 Å². The molecule has 8 nitrogen and oxygen atoms in total. The maximum atomic E-state index is 12.7. The number of para-hydroxylation sites is 1. The number of nitrogens with one attached hydrogen (secondary N) is 2. The van der Waals surface area contributed by atoms with E-state index in [0.29, 0.717) is 22.0 Å². The van der Waals surface area contributed by atoms with Crippen LogP contribution < -0.4 is 15.0 Å². The fourth-order valence-corrected chi connectivity index (χ4v) is 3.51. The predicted molar refractivity (Wildman–Crippen MR) is 131 cm³/mol. The van der Waals surface area contributed by atoms with Gasteiger partial charge in [-0.1, -0.05) is 42.8 Å². The van der Waals surface area contributed by atoms with Crippen molar-refractivity contribution in [2.45, 2.75) is 13.3 Å². The first-order chi connectivity index (χ1) is 16.4. The lowest BCUT2D eigenvalue weighted by molar-refractivity contribution is -0.134. The quantitative estimate of drug-likeness (QED) is 0.361. The van der Waals surface area contributed by atoms with E-state index in [1.807, 2.05) is 12.1 Å². The molecule has 0 aliphatic rings. The molecule has 2 aromatic carbocycles. The van der Waals surface area contributed by atoms with Crippen LogP contribution >= 0.6 is 11.6 Å². The van der Waals surface area contributed by atoms with E-state index in [1.54, 1.807) is 68.8 Å². The number of ketones is 1. The highest BCUT2D eigenvalue weighted by atomic mass is 35.5. The van der Waals surface area contributed by atoms with E-state index < -0.39 is 17.8 Å². The molecule has 34 heavy (non-hydrogen) atoms. The van der Waals surface area contributed by atoms with Gasteiger partial charge in [-0.05, 0) is 35.9 Å². The number of carbonyl (C=O) groups is 3. The summed E-state index contributed by atoms with van der Waals surface area (Å²) in [6.45, 7) is 1.64. The van der Waals surface area contributed by atoms with Crippen molar-refractivity contribution in [1.82, 2.24) is 9.97 Å². The fraction of sp³-hybridized carbons (Fsp3) is 0.120. The van der Waals surface area contributed by atoms with Crippen molar-refractivity contribution in [1.29, 1.82) is 0 Å². The third kappa shape index (κ3) is 4.77. The average Bonchev–Trinajstić information content (AvgIpc) is 3.28. The zero-order valence-corrected chi connectivity index (χ0v) is 19.2. The number of hydrogen-bond donors (Lipinski definition) is 2. The summed E-state index contributed by atoms with van der Waals surface area (Å²) < 4.78 is 5.40. The molecule has 0 saturated heterocycles. The molecule has 9 heteroatoms. The van der Waals surface area contributed by atoms with Crippen molar-refractivity contribution in [3.63, 3.8) is 0 Å². The molecule has 0 atom stereocenters. The Kier molecular flexibility index (Phi) is 6.60. The number of hydrogen-bond acceptors (Lipinski definition) is 5. The Labute approximate surface area is 200 Å². The van der Waals surface area contributed by atoms with Gasteiger partial charge in [0.15, 0.2) is 5.75 Å². The van der Waals surface area contributed by atoms with Crippen LogP contribution in [0.1, 0.15) is 13.3 Å². The molecule has 0 radical (unpaired) electrons. The first-order valence-corrected chi connectivity index (χ1v) is 10.9. The Morgan fingerprint density at radius 3 is 2.68 bits per heavy atom. The van der Waals surface area contributed by atoms with Crippen molar-refractivity contribution in [2.24, 2.45) is 0 Å². The lowest BCUT2D eigenvalue weighted by atomic mass is 10.0. The Hall–Kier alpha value is -4.17. The van der Waals surface area contributed by atoms with Gasteiger partial charge < -0.3 is 15.0 Å². The first kappa shape index (κ1) is 23.0. The van der Waals surface area contributed by atoms with Gasteiger partial charge in [0.25, 0.3) is 5.91 Å². The van der Waals surface area contributed by atoms with Gasteiger partial charge in [0, 0.05) is 36.3 Å². The van der Waals surface area contributed by atoms with Gasteiger partial charge in [0.2, 0.25) is 5.78 Å². The fourth-order valence-electron chi connectivity index (χ4n) is 3.34. The molecule has 4 aromatic rings. The summed E-state index contributed by atoms with van der Waals surface area (Å²) in [7, 11) is 1.58. The van der Waals surface area contributed by atoms with Gasteiger partial charge >= 0.3 is 6.09 Å². The number of nitrogens with zero attached hydrogens (tertiary/aromatic N) is 2. The van der Waals surface area contributed by atoms with Crippen LogP contribution in [0.25, 0.3) is 22.2 Å². The van der Waals surface area contributed by atoms with Gasteiger partial charge in [0.1, 0.15) is 5.65 Å². The molecule has 2 heterocycles. The number of pyridine rings is 1. The molecule has 0 fully saturated rings. The highest BCUT2D eigenvalue weighted by molar-refractivity contribution is 6.40. The molecule has 0 spiro atoms. The lowest BCUT2D eigenvalue weighted by Crippen LogP contribution is -2.29. The summed E-state index contributed by atoms with van der Waals surface area (Å²) in [6.07, 6.45) is 2.87. The largest absolute Gasteiger partial charge is 0.419 e. The Balaban J connectivity index is 1.61. The highest BCUT2D eigenvalue weighted by Crippen LogP contribution is 2.32. The number of aromatic nitrogens is 2. The summed E-state index contributed by atoms with van der Waals surface area (Å²) in [4.78, 5) is 45.1. The smallest absolute Gasteiger partial charge is 0.408 e. The summed E-state index contributed by atoms with van der Waals surface area (Å²) in [6, 6.07) is 15.7. The van der Waals surface area contributed by atoms with Crippen LogP contribution in [0.2, 0.25) is 5.02 Å². The topological polar surface area (TPSA) is 104 Å². The van der Waals surface area contributed by atoms with E-state index in [1.165, 1.54) is 4.90 Å². The first-order valence-electron chi connectivity index (χ1n) is 10.5. The lowest BCUT2D eigenvalue weighted by Gasteiger charge is -2.17. The van der Waals surface area contributed by atoms with E-state index in [2.05, 4.69) is 15.3 Å². The van der Waals surface area contributed by atoms with Crippen LogP contribution in [0, 0.1) is 0 Å². The summed E-state index contributed by atoms with van der Waals surface area (Å²) in [5.74, 6) is -0.878. The third-order valence-electron chi connectivity index (χ3n) is 5.22. The van der Waals surface area contributed by atoms with Gasteiger partial charge in [-0.2, -0.15) is 0 Å². The monoisotopic (exact) mass is 476 g/mol. The number of H-pyrrole nitrogens is 1. The maximum absolute atomic E-state index is 12.7. The average molecular weight is 477 g/mol. The zero-order valence-electron chi connectivity index (χ0n) is 18.5. The van der Waals surface area contributed by atoms with Crippen LogP contribution in [0.4, 0.5) is 16.2 Å². The van der Waals surface area contributed by atoms with Crippen LogP contribution in [-0.2, 0) is 9.59 Å². The van der Waals surface area contributed by atoms with Crippen LogP contribution in [0.5, 0.6) is 5.75 Å². The molecule has 0 unspecified atom stereocenters. The van der Waals surface area contributed by atoms with Gasteiger partial charge in [-0.25, -0.2) is 9.78 Å². The van der Waals surface area contributed by atoms with Crippen molar-refractivity contribution in [3.8, 4) is 16.9 Å². The molecule has 0 aliphatic heterocycles. The Bertz CT molecular complexity index is 1400. The molecule has 0 bridgehead atoms. The Morgan fingerprint density at radius 1 is 1.12 bits per heavy atom. The second-order valence-electron chi connectivity index (χ2n) is 7.46. The molecular formula is C25H21ClN4O4. The molecule has 4 rings (SSSR count). The minimum atomic E-state index is -0.652. The van der Waals surface area contributed by atoms with Gasteiger partial charge in [-0.3, -0.25) is 14.5 Å².